The molecule has 3 N–H and O–H groups in total. The SMILES string of the molecule is O=C(NC1CC2CCC1C2)[C@H](CO)NC(=O)C1(c2ccccc2)CCCC1. The van der Waals surface area contributed by atoms with E-state index in [-0.39, 0.29) is 24.5 Å². The van der Waals surface area contributed by atoms with Crippen LogP contribution < -0.4 is 10.6 Å². The summed E-state index contributed by atoms with van der Waals surface area (Å²) >= 11 is 0. The Labute approximate surface area is 160 Å². The van der Waals surface area contributed by atoms with Crippen LogP contribution in [0.4, 0.5) is 0 Å². The fraction of sp³-hybridized carbons (Fsp3) is 0.636. The molecule has 0 radical (unpaired) electrons. The zero-order valence-corrected chi connectivity index (χ0v) is 15.8. The molecule has 4 rings (SSSR count). The largest absolute Gasteiger partial charge is 0.394 e. The molecule has 27 heavy (non-hydrogen) atoms. The lowest BCUT2D eigenvalue weighted by Crippen LogP contribution is -2.56. The van der Waals surface area contributed by atoms with Gasteiger partial charge in [0, 0.05) is 6.04 Å². The lowest BCUT2D eigenvalue weighted by molar-refractivity contribution is -0.133. The molecule has 3 aliphatic carbocycles. The number of carbonyl (C=O) groups excluding carboxylic acids is 2. The Morgan fingerprint density at radius 2 is 1.85 bits per heavy atom. The fourth-order valence-corrected chi connectivity index (χ4v) is 5.58. The second-order valence-corrected chi connectivity index (χ2v) is 8.65. The monoisotopic (exact) mass is 370 g/mol. The first-order chi connectivity index (χ1) is 13.1. The van der Waals surface area contributed by atoms with Crippen LogP contribution in [0.2, 0.25) is 0 Å². The van der Waals surface area contributed by atoms with Crippen molar-refractivity contribution in [3.63, 3.8) is 0 Å². The van der Waals surface area contributed by atoms with E-state index in [0.717, 1.165) is 43.6 Å². The van der Waals surface area contributed by atoms with Gasteiger partial charge in [0.25, 0.3) is 0 Å². The van der Waals surface area contributed by atoms with Gasteiger partial charge in [0.1, 0.15) is 6.04 Å². The molecule has 2 bridgehead atoms. The Hall–Kier alpha value is -1.88. The zero-order valence-electron chi connectivity index (χ0n) is 15.8. The normalized spacial score (nSPS) is 29.4. The highest BCUT2D eigenvalue weighted by molar-refractivity contribution is 5.93. The van der Waals surface area contributed by atoms with Gasteiger partial charge in [0.05, 0.1) is 12.0 Å². The quantitative estimate of drug-likeness (QED) is 0.719. The van der Waals surface area contributed by atoms with Crippen molar-refractivity contribution in [3.05, 3.63) is 35.9 Å². The molecule has 0 spiro atoms. The summed E-state index contributed by atoms with van der Waals surface area (Å²) < 4.78 is 0. The van der Waals surface area contributed by atoms with Gasteiger partial charge in [0.15, 0.2) is 0 Å². The lowest BCUT2D eigenvalue weighted by atomic mass is 9.78. The Balaban J connectivity index is 1.44. The molecule has 3 unspecified atom stereocenters. The average Bonchev–Trinajstić information content (AvgIpc) is 3.43. The minimum absolute atomic E-state index is 0.131. The predicted molar refractivity (Wildman–Crippen MR) is 103 cm³/mol. The van der Waals surface area contributed by atoms with Crippen LogP contribution in [-0.2, 0) is 15.0 Å². The fourth-order valence-electron chi connectivity index (χ4n) is 5.58. The van der Waals surface area contributed by atoms with Gasteiger partial charge < -0.3 is 15.7 Å². The van der Waals surface area contributed by atoms with Crippen LogP contribution in [-0.4, -0.2) is 35.6 Å². The van der Waals surface area contributed by atoms with Gasteiger partial charge in [-0.3, -0.25) is 9.59 Å². The Kier molecular flexibility index (Phi) is 5.22. The van der Waals surface area contributed by atoms with Crippen LogP contribution in [0.3, 0.4) is 0 Å². The number of aliphatic hydroxyl groups excluding tert-OH is 1. The third-order valence-electron chi connectivity index (χ3n) is 7.09. The lowest BCUT2D eigenvalue weighted by Gasteiger charge is -2.31. The predicted octanol–water partition coefficient (Wildman–Crippen LogP) is 2.28. The second kappa shape index (κ2) is 7.63. The summed E-state index contributed by atoms with van der Waals surface area (Å²) in [7, 11) is 0. The van der Waals surface area contributed by atoms with E-state index in [0.29, 0.717) is 5.92 Å². The van der Waals surface area contributed by atoms with E-state index in [9.17, 15) is 14.7 Å². The van der Waals surface area contributed by atoms with Gasteiger partial charge in [-0.15, -0.1) is 0 Å². The molecule has 1 aromatic carbocycles. The maximum atomic E-state index is 13.2. The van der Waals surface area contributed by atoms with Crippen molar-refractivity contribution in [3.8, 4) is 0 Å². The first-order valence-corrected chi connectivity index (χ1v) is 10.4. The maximum Gasteiger partial charge on any atom is 0.245 e. The molecule has 1 aromatic rings. The molecule has 3 aliphatic rings. The van der Waals surface area contributed by atoms with Gasteiger partial charge in [0.2, 0.25) is 11.8 Å². The van der Waals surface area contributed by atoms with Gasteiger partial charge >= 0.3 is 0 Å². The number of nitrogens with one attached hydrogen (secondary N) is 2. The van der Waals surface area contributed by atoms with Gasteiger partial charge in [-0.1, -0.05) is 49.6 Å². The van der Waals surface area contributed by atoms with Gasteiger partial charge in [-0.25, -0.2) is 0 Å². The van der Waals surface area contributed by atoms with E-state index in [2.05, 4.69) is 10.6 Å². The number of hydrogen-bond donors (Lipinski definition) is 3. The second-order valence-electron chi connectivity index (χ2n) is 8.65. The molecule has 3 fully saturated rings. The minimum atomic E-state index is -0.877. The number of benzene rings is 1. The van der Waals surface area contributed by atoms with Crippen LogP contribution in [0, 0.1) is 11.8 Å². The first-order valence-electron chi connectivity index (χ1n) is 10.4. The zero-order chi connectivity index (χ0) is 18.9. The first kappa shape index (κ1) is 18.5. The number of carbonyl (C=O) groups is 2. The third kappa shape index (κ3) is 3.49. The van der Waals surface area contributed by atoms with E-state index in [1.807, 2.05) is 30.3 Å². The highest BCUT2D eigenvalue weighted by Crippen LogP contribution is 2.44. The molecule has 146 valence electrons. The van der Waals surface area contributed by atoms with Crippen molar-refractivity contribution < 1.29 is 14.7 Å². The molecule has 0 heterocycles. The molecular formula is C22H30N2O3. The summed E-state index contributed by atoms with van der Waals surface area (Å²) in [5.74, 6) is 0.930. The van der Waals surface area contributed by atoms with E-state index >= 15 is 0 Å². The molecule has 4 atom stereocenters. The van der Waals surface area contributed by atoms with Crippen LogP contribution in [0.5, 0.6) is 0 Å². The van der Waals surface area contributed by atoms with Crippen LogP contribution in [0.15, 0.2) is 30.3 Å². The summed E-state index contributed by atoms with van der Waals surface area (Å²) in [5.41, 5.74) is 0.423. The summed E-state index contributed by atoms with van der Waals surface area (Å²) in [4.78, 5) is 25.9. The molecule has 0 aliphatic heterocycles. The third-order valence-corrected chi connectivity index (χ3v) is 7.09. The Morgan fingerprint density at radius 3 is 2.44 bits per heavy atom. The van der Waals surface area contributed by atoms with E-state index in [1.165, 1.54) is 19.3 Å². The van der Waals surface area contributed by atoms with Gasteiger partial charge in [-0.05, 0) is 49.5 Å². The summed E-state index contributed by atoms with van der Waals surface area (Å²) in [6, 6.07) is 9.17. The van der Waals surface area contributed by atoms with E-state index in [1.54, 1.807) is 0 Å². The highest BCUT2D eigenvalue weighted by Gasteiger charge is 2.44. The molecule has 3 saturated carbocycles. The summed E-state index contributed by atoms with van der Waals surface area (Å²) in [5, 5.41) is 15.7. The van der Waals surface area contributed by atoms with Crippen molar-refractivity contribution in [1.82, 2.24) is 10.6 Å². The van der Waals surface area contributed by atoms with E-state index < -0.39 is 11.5 Å². The summed E-state index contributed by atoms with van der Waals surface area (Å²) in [6.07, 6.45) is 8.28. The summed E-state index contributed by atoms with van der Waals surface area (Å²) in [6.45, 7) is -0.372. The van der Waals surface area contributed by atoms with Crippen LogP contribution in [0.1, 0.15) is 56.9 Å². The Bertz CT molecular complexity index is 684. The number of fused-ring (bicyclic) bond motifs is 2. The Morgan fingerprint density at radius 1 is 1.11 bits per heavy atom. The maximum absolute atomic E-state index is 13.2. The minimum Gasteiger partial charge on any atom is -0.394 e. The molecule has 0 saturated heterocycles. The van der Waals surface area contributed by atoms with Crippen LogP contribution in [0.25, 0.3) is 0 Å². The molecule has 2 amide bonds. The van der Waals surface area contributed by atoms with Crippen LogP contribution >= 0.6 is 0 Å². The topological polar surface area (TPSA) is 78.4 Å². The van der Waals surface area contributed by atoms with Crippen molar-refractivity contribution in [2.75, 3.05) is 6.61 Å². The van der Waals surface area contributed by atoms with Crippen molar-refractivity contribution in [2.24, 2.45) is 11.8 Å². The molecule has 5 nitrogen and oxygen atoms in total. The average molecular weight is 370 g/mol. The number of aliphatic hydroxyl groups is 1. The molecular weight excluding hydrogens is 340 g/mol. The number of amides is 2. The van der Waals surface area contributed by atoms with Crippen molar-refractivity contribution in [2.45, 2.75) is 68.9 Å². The van der Waals surface area contributed by atoms with E-state index in [4.69, 9.17) is 0 Å². The van der Waals surface area contributed by atoms with Crippen molar-refractivity contribution >= 4 is 11.8 Å². The molecule has 0 aromatic heterocycles. The standard InChI is InChI=1S/C22H30N2O3/c25-14-19(20(26)23-18-13-15-8-9-16(18)12-15)24-21(27)22(10-4-5-11-22)17-6-2-1-3-7-17/h1-3,6-7,15-16,18-19,25H,4-5,8-14H2,(H,23,26)(H,24,27)/t15?,16?,18?,19-/m0/s1. The van der Waals surface area contributed by atoms with Crippen molar-refractivity contribution in [1.29, 1.82) is 0 Å². The molecule has 5 heteroatoms. The smallest absolute Gasteiger partial charge is 0.245 e. The number of hydrogen-bond acceptors (Lipinski definition) is 3. The van der Waals surface area contributed by atoms with Gasteiger partial charge in [-0.2, -0.15) is 0 Å². The number of rotatable bonds is 6. The highest BCUT2D eigenvalue weighted by atomic mass is 16.3.